The van der Waals surface area contributed by atoms with Crippen LogP contribution < -0.4 is 4.90 Å². The summed E-state index contributed by atoms with van der Waals surface area (Å²) in [4.78, 5) is 30.4. The van der Waals surface area contributed by atoms with Crippen molar-refractivity contribution >= 4 is 22.5 Å². The molecule has 156 valence electrons. The monoisotopic (exact) mass is 412 g/mol. The van der Waals surface area contributed by atoms with Crippen molar-refractivity contribution in [3.8, 4) is 5.82 Å². The number of nitrogens with zero attached hydrogens (tertiary/aromatic N) is 6. The number of hydrogen-bond acceptors (Lipinski definition) is 5. The van der Waals surface area contributed by atoms with Crippen LogP contribution in [-0.2, 0) is 0 Å². The summed E-state index contributed by atoms with van der Waals surface area (Å²) in [5, 5.41) is 2.23. The van der Waals surface area contributed by atoms with Crippen LogP contribution in [0, 0.1) is 13.8 Å². The SMILES string of the molecule is Cc1ncn(-c2cc(N3CCN(C(=O)c4ccc5ccccc5c4)CC3)ncn2)c1C. The maximum absolute atomic E-state index is 13.0. The van der Waals surface area contributed by atoms with Gasteiger partial charge in [-0.1, -0.05) is 30.3 Å². The number of aromatic nitrogens is 4. The first kappa shape index (κ1) is 19.2. The Balaban J connectivity index is 1.29. The Morgan fingerprint density at radius 1 is 0.839 bits per heavy atom. The largest absolute Gasteiger partial charge is 0.353 e. The third kappa shape index (κ3) is 3.63. The van der Waals surface area contributed by atoms with Gasteiger partial charge in [0.25, 0.3) is 5.91 Å². The number of imidazole rings is 1. The average molecular weight is 412 g/mol. The molecule has 0 unspecified atom stereocenters. The van der Waals surface area contributed by atoms with Crippen LogP contribution in [0.25, 0.3) is 16.6 Å². The van der Waals surface area contributed by atoms with E-state index in [1.54, 1.807) is 12.7 Å². The molecule has 5 rings (SSSR count). The predicted molar refractivity (Wildman–Crippen MR) is 121 cm³/mol. The van der Waals surface area contributed by atoms with Gasteiger partial charge in [0.2, 0.25) is 0 Å². The molecule has 31 heavy (non-hydrogen) atoms. The van der Waals surface area contributed by atoms with Crippen LogP contribution in [0.5, 0.6) is 0 Å². The Labute approximate surface area is 181 Å². The van der Waals surface area contributed by atoms with E-state index in [4.69, 9.17) is 0 Å². The van der Waals surface area contributed by atoms with Crippen molar-refractivity contribution in [3.05, 3.63) is 78.1 Å². The molecular weight excluding hydrogens is 388 g/mol. The second-order valence-electron chi connectivity index (χ2n) is 7.86. The van der Waals surface area contributed by atoms with Crippen molar-refractivity contribution in [1.29, 1.82) is 0 Å². The van der Waals surface area contributed by atoms with Gasteiger partial charge in [-0.05, 0) is 36.8 Å². The Bertz CT molecular complexity index is 1260. The minimum Gasteiger partial charge on any atom is -0.353 e. The van der Waals surface area contributed by atoms with Gasteiger partial charge < -0.3 is 9.80 Å². The molecule has 0 atom stereocenters. The van der Waals surface area contributed by atoms with Crippen molar-refractivity contribution in [2.75, 3.05) is 31.1 Å². The molecule has 0 radical (unpaired) electrons. The molecule has 1 saturated heterocycles. The fourth-order valence-electron chi connectivity index (χ4n) is 4.02. The van der Waals surface area contributed by atoms with Crippen LogP contribution in [0.3, 0.4) is 0 Å². The van der Waals surface area contributed by atoms with Crippen LogP contribution >= 0.6 is 0 Å². The summed E-state index contributed by atoms with van der Waals surface area (Å²) in [6, 6.07) is 16.0. The topological polar surface area (TPSA) is 67.2 Å². The number of anilines is 1. The molecule has 7 heteroatoms. The number of hydrogen-bond donors (Lipinski definition) is 0. The number of rotatable bonds is 3. The number of fused-ring (bicyclic) bond motifs is 1. The van der Waals surface area contributed by atoms with Crippen molar-refractivity contribution < 1.29 is 4.79 Å². The van der Waals surface area contributed by atoms with Gasteiger partial charge in [0.1, 0.15) is 24.3 Å². The van der Waals surface area contributed by atoms with Gasteiger partial charge in [0.15, 0.2) is 0 Å². The number of amides is 1. The summed E-state index contributed by atoms with van der Waals surface area (Å²) in [5.74, 6) is 1.75. The lowest BCUT2D eigenvalue weighted by molar-refractivity contribution is 0.0746. The predicted octanol–water partition coefficient (Wildman–Crippen LogP) is 3.39. The lowest BCUT2D eigenvalue weighted by atomic mass is 10.1. The normalized spacial score (nSPS) is 14.3. The summed E-state index contributed by atoms with van der Waals surface area (Å²) in [6.45, 7) is 6.80. The molecule has 0 spiro atoms. The van der Waals surface area contributed by atoms with Crippen LogP contribution in [0.4, 0.5) is 5.82 Å². The van der Waals surface area contributed by atoms with E-state index in [1.807, 2.05) is 65.8 Å². The Hall–Kier alpha value is -3.74. The van der Waals surface area contributed by atoms with E-state index in [0.717, 1.165) is 52.4 Å². The fourth-order valence-corrected chi connectivity index (χ4v) is 4.02. The van der Waals surface area contributed by atoms with Crippen LogP contribution in [-0.4, -0.2) is 56.5 Å². The van der Waals surface area contributed by atoms with E-state index in [1.165, 1.54) is 0 Å². The van der Waals surface area contributed by atoms with Crippen molar-refractivity contribution in [3.63, 3.8) is 0 Å². The number of benzene rings is 2. The second-order valence-corrected chi connectivity index (χ2v) is 7.86. The molecule has 0 bridgehead atoms. The summed E-state index contributed by atoms with van der Waals surface area (Å²) >= 11 is 0. The highest BCUT2D eigenvalue weighted by Crippen LogP contribution is 2.20. The van der Waals surface area contributed by atoms with Crippen LogP contribution in [0.15, 0.2) is 61.2 Å². The molecular formula is C24H24N6O. The van der Waals surface area contributed by atoms with Crippen molar-refractivity contribution in [1.82, 2.24) is 24.4 Å². The van der Waals surface area contributed by atoms with Gasteiger partial charge in [-0.3, -0.25) is 9.36 Å². The van der Waals surface area contributed by atoms with E-state index in [2.05, 4.69) is 25.9 Å². The third-order valence-electron chi connectivity index (χ3n) is 6.02. The zero-order valence-corrected chi connectivity index (χ0v) is 17.7. The number of carbonyl (C=O) groups excluding carboxylic acids is 1. The molecule has 2 aromatic carbocycles. The highest BCUT2D eigenvalue weighted by Gasteiger charge is 2.23. The molecule has 1 amide bonds. The Kier molecular flexibility index (Phi) is 4.86. The molecule has 3 heterocycles. The third-order valence-corrected chi connectivity index (χ3v) is 6.02. The molecule has 0 N–H and O–H groups in total. The summed E-state index contributed by atoms with van der Waals surface area (Å²) < 4.78 is 1.97. The van der Waals surface area contributed by atoms with Gasteiger partial charge >= 0.3 is 0 Å². The van der Waals surface area contributed by atoms with E-state index in [0.29, 0.717) is 13.1 Å². The summed E-state index contributed by atoms with van der Waals surface area (Å²) in [6.07, 6.45) is 3.38. The number of piperazine rings is 1. The molecule has 0 aliphatic carbocycles. The van der Waals surface area contributed by atoms with E-state index in [9.17, 15) is 4.79 Å². The lowest BCUT2D eigenvalue weighted by Crippen LogP contribution is -2.49. The first-order valence-electron chi connectivity index (χ1n) is 10.5. The average Bonchev–Trinajstić information content (AvgIpc) is 3.16. The molecule has 1 aliphatic heterocycles. The van der Waals surface area contributed by atoms with E-state index < -0.39 is 0 Å². The zero-order valence-electron chi connectivity index (χ0n) is 17.7. The molecule has 2 aromatic heterocycles. The smallest absolute Gasteiger partial charge is 0.253 e. The van der Waals surface area contributed by atoms with E-state index in [-0.39, 0.29) is 5.91 Å². The quantitative estimate of drug-likeness (QED) is 0.516. The highest BCUT2D eigenvalue weighted by molar-refractivity contribution is 5.98. The van der Waals surface area contributed by atoms with Crippen molar-refractivity contribution in [2.24, 2.45) is 0 Å². The summed E-state index contributed by atoms with van der Waals surface area (Å²) in [7, 11) is 0. The van der Waals surface area contributed by atoms with Gasteiger partial charge in [0.05, 0.1) is 5.69 Å². The Morgan fingerprint density at radius 2 is 1.58 bits per heavy atom. The minimum atomic E-state index is 0.0818. The first-order valence-corrected chi connectivity index (χ1v) is 10.5. The molecule has 1 fully saturated rings. The van der Waals surface area contributed by atoms with Crippen LogP contribution in [0.2, 0.25) is 0 Å². The van der Waals surface area contributed by atoms with Gasteiger partial charge in [-0.25, -0.2) is 15.0 Å². The minimum absolute atomic E-state index is 0.0818. The Morgan fingerprint density at radius 3 is 2.32 bits per heavy atom. The zero-order chi connectivity index (χ0) is 21.4. The van der Waals surface area contributed by atoms with Gasteiger partial charge in [-0.2, -0.15) is 0 Å². The maximum Gasteiger partial charge on any atom is 0.253 e. The number of aryl methyl sites for hydroxylation is 1. The molecule has 4 aromatic rings. The maximum atomic E-state index is 13.0. The lowest BCUT2D eigenvalue weighted by Gasteiger charge is -2.35. The van der Waals surface area contributed by atoms with Crippen LogP contribution in [0.1, 0.15) is 21.7 Å². The standard InChI is InChI=1S/C24H24N6O/c1-17-18(2)30(16-27-17)23-14-22(25-15-26-23)28-9-11-29(12-10-28)24(31)21-8-7-19-5-3-4-6-20(19)13-21/h3-8,13-16H,9-12H2,1-2H3. The fraction of sp³-hybridized carbons (Fsp3) is 0.250. The van der Waals surface area contributed by atoms with Crippen molar-refractivity contribution in [2.45, 2.75) is 13.8 Å². The second kappa shape index (κ2) is 7.83. The molecule has 1 aliphatic rings. The first-order chi connectivity index (χ1) is 15.1. The highest BCUT2D eigenvalue weighted by atomic mass is 16.2. The summed E-state index contributed by atoms with van der Waals surface area (Å²) in [5.41, 5.74) is 2.79. The van der Waals surface area contributed by atoms with E-state index >= 15 is 0 Å². The molecule has 0 saturated carbocycles. The molecule has 7 nitrogen and oxygen atoms in total. The van der Waals surface area contributed by atoms with Gasteiger partial charge in [-0.15, -0.1) is 0 Å². The number of carbonyl (C=O) groups is 1. The van der Waals surface area contributed by atoms with Gasteiger partial charge in [0, 0.05) is 43.5 Å².